The van der Waals surface area contributed by atoms with Crippen molar-refractivity contribution in [2.75, 3.05) is 19.6 Å². The summed E-state index contributed by atoms with van der Waals surface area (Å²) < 4.78 is 0. The molecule has 2 N–H and O–H groups in total. The number of piperidine rings is 1. The predicted molar refractivity (Wildman–Crippen MR) is 108 cm³/mol. The normalized spacial score (nSPS) is 27.4. The summed E-state index contributed by atoms with van der Waals surface area (Å²) in [5.74, 6) is 0.130. The van der Waals surface area contributed by atoms with Crippen molar-refractivity contribution in [1.82, 2.24) is 15.5 Å². The first-order chi connectivity index (χ1) is 12.8. The molecule has 1 saturated carbocycles. The van der Waals surface area contributed by atoms with Crippen molar-refractivity contribution in [3.05, 3.63) is 35.9 Å². The van der Waals surface area contributed by atoms with E-state index in [-0.39, 0.29) is 22.8 Å². The zero-order chi connectivity index (χ0) is 19.5. The van der Waals surface area contributed by atoms with Crippen LogP contribution in [0.2, 0.25) is 0 Å². The molecule has 2 amide bonds. The first kappa shape index (κ1) is 19.9. The Morgan fingerprint density at radius 1 is 1.15 bits per heavy atom. The van der Waals surface area contributed by atoms with Crippen LogP contribution in [0.15, 0.2) is 30.3 Å². The molecule has 2 aliphatic rings. The molecule has 0 bridgehead atoms. The van der Waals surface area contributed by atoms with E-state index in [0.717, 1.165) is 32.2 Å². The fourth-order valence-electron chi connectivity index (χ4n) is 4.35. The van der Waals surface area contributed by atoms with Gasteiger partial charge in [0, 0.05) is 23.7 Å². The zero-order valence-corrected chi connectivity index (χ0v) is 16.9. The SMILES string of the molecule is CC1CC(C)(CNC(=O)c2ccccc2)CCN1CC(=O)NC1(C)CCC1. The third-order valence-electron chi connectivity index (χ3n) is 6.37. The van der Waals surface area contributed by atoms with Crippen LogP contribution in [0.3, 0.4) is 0 Å². The Morgan fingerprint density at radius 2 is 1.85 bits per heavy atom. The van der Waals surface area contributed by atoms with Gasteiger partial charge in [-0.15, -0.1) is 0 Å². The van der Waals surface area contributed by atoms with E-state index in [1.165, 1.54) is 6.42 Å². The summed E-state index contributed by atoms with van der Waals surface area (Å²) in [6, 6.07) is 9.68. The van der Waals surface area contributed by atoms with E-state index in [9.17, 15) is 9.59 Å². The lowest BCUT2D eigenvalue weighted by Gasteiger charge is -2.44. The molecule has 0 aromatic heterocycles. The number of likely N-dealkylation sites (tertiary alicyclic amines) is 1. The monoisotopic (exact) mass is 371 g/mol. The van der Waals surface area contributed by atoms with Gasteiger partial charge in [0.05, 0.1) is 6.54 Å². The molecule has 3 rings (SSSR count). The van der Waals surface area contributed by atoms with Gasteiger partial charge in [-0.2, -0.15) is 0 Å². The summed E-state index contributed by atoms with van der Waals surface area (Å²) in [5, 5.41) is 6.30. The lowest BCUT2D eigenvalue weighted by atomic mass is 9.77. The minimum absolute atomic E-state index is 0.0139. The van der Waals surface area contributed by atoms with Crippen LogP contribution in [0.1, 0.15) is 63.2 Å². The number of hydrogen-bond donors (Lipinski definition) is 2. The van der Waals surface area contributed by atoms with Gasteiger partial charge in [-0.3, -0.25) is 14.5 Å². The Balaban J connectivity index is 1.46. The summed E-state index contributed by atoms with van der Waals surface area (Å²) in [5.41, 5.74) is 0.788. The van der Waals surface area contributed by atoms with Gasteiger partial charge in [0.25, 0.3) is 5.91 Å². The van der Waals surface area contributed by atoms with Gasteiger partial charge in [-0.05, 0) is 70.0 Å². The number of carbonyl (C=O) groups is 2. The summed E-state index contributed by atoms with van der Waals surface area (Å²) in [4.78, 5) is 27.0. The van der Waals surface area contributed by atoms with E-state index >= 15 is 0 Å². The minimum atomic E-state index is -0.0139. The third kappa shape index (κ3) is 5.10. The Labute approximate surface area is 162 Å². The average molecular weight is 372 g/mol. The maximum absolute atomic E-state index is 12.4. The number of amides is 2. The summed E-state index contributed by atoms with van der Waals surface area (Å²) in [6.45, 7) is 8.60. The first-order valence-electron chi connectivity index (χ1n) is 10.2. The highest BCUT2D eigenvalue weighted by Gasteiger charge is 2.37. The smallest absolute Gasteiger partial charge is 0.251 e. The highest BCUT2D eigenvalue weighted by Crippen LogP contribution is 2.34. The quantitative estimate of drug-likeness (QED) is 0.808. The fraction of sp³-hybridized carbons (Fsp3) is 0.636. The second-order valence-corrected chi connectivity index (χ2v) is 9.10. The van der Waals surface area contributed by atoms with E-state index in [2.05, 4.69) is 36.3 Å². The van der Waals surface area contributed by atoms with Gasteiger partial charge in [0.1, 0.15) is 0 Å². The van der Waals surface area contributed by atoms with E-state index < -0.39 is 0 Å². The van der Waals surface area contributed by atoms with Crippen molar-refractivity contribution in [3.63, 3.8) is 0 Å². The Morgan fingerprint density at radius 3 is 2.44 bits per heavy atom. The van der Waals surface area contributed by atoms with Gasteiger partial charge >= 0.3 is 0 Å². The second-order valence-electron chi connectivity index (χ2n) is 9.10. The van der Waals surface area contributed by atoms with E-state index in [1.54, 1.807) is 0 Å². The van der Waals surface area contributed by atoms with E-state index in [1.807, 2.05) is 30.3 Å². The Hall–Kier alpha value is -1.88. The van der Waals surface area contributed by atoms with Gasteiger partial charge < -0.3 is 10.6 Å². The molecule has 5 heteroatoms. The lowest BCUT2D eigenvalue weighted by Crippen LogP contribution is -2.56. The summed E-state index contributed by atoms with van der Waals surface area (Å²) in [7, 11) is 0. The van der Waals surface area contributed by atoms with Crippen LogP contribution in [-0.2, 0) is 4.79 Å². The fourth-order valence-corrected chi connectivity index (χ4v) is 4.35. The van der Waals surface area contributed by atoms with Crippen LogP contribution < -0.4 is 10.6 Å². The van der Waals surface area contributed by atoms with Gasteiger partial charge in [-0.25, -0.2) is 0 Å². The molecule has 2 atom stereocenters. The van der Waals surface area contributed by atoms with Crippen molar-refractivity contribution < 1.29 is 9.59 Å². The number of hydrogen-bond acceptors (Lipinski definition) is 3. The van der Waals surface area contributed by atoms with Crippen LogP contribution in [0.25, 0.3) is 0 Å². The molecular weight excluding hydrogens is 338 g/mol. The van der Waals surface area contributed by atoms with E-state index in [0.29, 0.717) is 24.7 Å². The summed E-state index contributed by atoms with van der Waals surface area (Å²) >= 11 is 0. The molecule has 27 heavy (non-hydrogen) atoms. The number of nitrogens with zero attached hydrogens (tertiary/aromatic N) is 1. The van der Waals surface area contributed by atoms with Crippen LogP contribution in [0, 0.1) is 5.41 Å². The summed E-state index contributed by atoms with van der Waals surface area (Å²) in [6.07, 6.45) is 5.36. The van der Waals surface area contributed by atoms with Crippen LogP contribution in [0.5, 0.6) is 0 Å². The highest BCUT2D eigenvalue weighted by molar-refractivity contribution is 5.94. The second kappa shape index (κ2) is 8.01. The number of rotatable bonds is 6. The van der Waals surface area contributed by atoms with E-state index in [4.69, 9.17) is 0 Å². The molecule has 1 heterocycles. The maximum Gasteiger partial charge on any atom is 0.251 e. The molecule has 1 aliphatic carbocycles. The molecule has 1 aliphatic heterocycles. The molecule has 5 nitrogen and oxygen atoms in total. The largest absolute Gasteiger partial charge is 0.351 e. The molecule has 1 saturated heterocycles. The van der Waals surface area contributed by atoms with Crippen LogP contribution >= 0.6 is 0 Å². The number of nitrogens with one attached hydrogen (secondary N) is 2. The first-order valence-corrected chi connectivity index (χ1v) is 10.2. The molecule has 0 radical (unpaired) electrons. The Bertz CT molecular complexity index is 671. The standard InChI is InChI=1S/C22H33N3O2/c1-17-14-21(2,16-23-20(27)18-8-5-4-6-9-18)12-13-25(17)15-19(26)24-22(3)10-7-11-22/h4-6,8-9,17H,7,10-16H2,1-3H3,(H,23,27)(H,24,26). The predicted octanol–water partition coefficient (Wildman–Crippen LogP) is 2.97. The molecule has 0 spiro atoms. The lowest BCUT2D eigenvalue weighted by molar-refractivity contribution is -0.126. The Kier molecular flexibility index (Phi) is 5.89. The van der Waals surface area contributed by atoms with Crippen LogP contribution in [-0.4, -0.2) is 47.9 Å². The van der Waals surface area contributed by atoms with Crippen LogP contribution in [0.4, 0.5) is 0 Å². The third-order valence-corrected chi connectivity index (χ3v) is 6.37. The molecule has 1 aromatic rings. The maximum atomic E-state index is 12.4. The van der Waals surface area contributed by atoms with Crippen molar-refractivity contribution in [3.8, 4) is 0 Å². The topological polar surface area (TPSA) is 61.4 Å². The minimum Gasteiger partial charge on any atom is -0.351 e. The number of carbonyl (C=O) groups excluding carboxylic acids is 2. The molecule has 1 aromatic carbocycles. The molecule has 2 unspecified atom stereocenters. The highest BCUT2D eigenvalue weighted by atomic mass is 16.2. The van der Waals surface area contributed by atoms with Gasteiger partial charge in [0.15, 0.2) is 0 Å². The van der Waals surface area contributed by atoms with Crippen molar-refractivity contribution in [2.45, 2.75) is 64.5 Å². The molecular formula is C22H33N3O2. The van der Waals surface area contributed by atoms with Gasteiger partial charge in [0.2, 0.25) is 5.91 Å². The van der Waals surface area contributed by atoms with Crippen molar-refractivity contribution in [1.29, 1.82) is 0 Å². The average Bonchev–Trinajstić information content (AvgIpc) is 2.62. The van der Waals surface area contributed by atoms with Crippen molar-refractivity contribution in [2.24, 2.45) is 5.41 Å². The number of benzene rings is 1. The molecule has 148 valence electrons. The van der Waals surface area contributed by atoms with Gasteiger partial charge in [-0.1, -0.05) is 25.1 Å². The van der Waals surface area contributed by atoms with Crippen molar-refractivity contribution >= 4 is 11.8 Å². The molecule has 2 fully saturated rings. The zero-order valence-electron chi connectivity index (χ0n) is 16.9.